The molecule has 0 saturated carbocycles. The van der Waals surface area contributed by atoms with Crippen molar-refractivity contribution >= 4 is 70.9 Å². The van der Waals surface area contributed by atoms with Crippen molar-refractivity contribution in [1.82, 2.24) is 47.9 Å². The van der Waals surface area contributed by atoms with Crippen LogP contribution in [0.4, 0.5) is 0 Å². The third kappa shape index (κ3) is 20.2. The van der Waals surface area contributed by atoms with E-state index in [9.17, 15) is 62.6 Å². The van der Waals surface area contributed by atoms with Crippen LogP contribution in [0.5, 0.6) is 5.75 Å². The van der Waals surface area contributed by atoms with Gasteiger partial charge in [-0.15, -0.1) is 0 Å². The van der Waals surface area contributed by atoms with Gasteiger partial charge >= 0.3 is 0 Å². The monoisotopic (exact) mass is 944 g/mol. The number of phenols is 1. The highest BCUT2D eigenvalue weighted by molar-refractivity contribution is 5.99. The number of phenolic OH excluding ortho intramolecular Hbond substituents is 1. The summed E-state index contributed by atoms with van der Waals surface area (Å²) in [4.78, 5) is 157. The summed E-state index contributed by atoms with van der Waals surface area (Å²) in [5.41, 5.74) is 16.4. The number of amides is 12. The predicted molar refractivity (Wildman–Crippen MR) is 237 cm³/mol. The molecule has 0 radical (unpaired) electrons. The highest BCUT2D eigenvalue weighted by Crippen LogP contribution is 2.14. The molecule has 2 rings (SSSR count). The molecule has 67 heavy (non-hydrogen) atoms. The number of rotatable bonds is 18. The van der Waals surface area contributed by atoms with E-state index in [-0.39, 0.29) is 24.5 Å². The summed E-state index contributed by atoms with van der Waals surface area (Å²) in [6.45, 7) is 6.92. The topological polar surface area (TPSA) is 411 Å². The van der Waals surface area contributed by atoms with Crippen molar-refractivity contribution in [1.29, 1.82) is 0 Å². The SMILES string of the molecule is CC[C@H](C)[C@@H]1NC(=O)[C@H](Cc2ccc(O)cc2)NC(=O)CNC(=O)CC[C@@H](C(=O)N[C@@H](C)C(=O)N[C@@H](CC(C)C)C(=O)NCC(N)=O)NC(=O)[C@H](CC(N)=O)NC(=O)[C@H](CCC(N)=O)NC1=O. The fourth-order valence-electron chi connectivity index (χ4n) is 6.54. The van der Waals surface area contributed by atoms with E-state index in [2.05, 4.69) is 47.9 Å². The highest BCUT2D eigenvalue weighted by atomic mass is 16.3. The third-order valence-corrected chi connectivity index (χ3v) is 10.4. The summed E-state index contributed by atoms with van der Waals surface area (Å²) >= 11 is 0. The lowest BCUT2D eigenvalue weighted by molar-refractivity contribution is -0.137. The van der Waals surface area contributed by atoms with Gasteiger partial charge in [0, 0.05) is 19.3 Å². The van der Waals surface area contributed by atoms with Crippen molar-refractivity contribution in [3.8, 4) is 5.75 Å². The zero-order valence-electron chi connectivity index (χ0n) is 38.2. The van der Waals surface area contributed by atoms with E-state index >= 15 is 0 Å². The molecule has 0 spiro atoms. The molecule has 1 aliphatic rings. The van der Waals surface area contributed by atoms with Crippen LogP contribution in [-0.2, 0) is 64.0 Å². The lowest BCUT2D eigenvalue weighted by Crippen LogP contribution is -2.61. The Kier molecular flexibility index (Phi) is 22.7. The summed E-state index contributed by atoms with van der Waals surface area (Å²) in [5.74, 6) is -12.0. The average molecular weight is 945 g/mol. The summed E-state index contributed by atoms with van der Waals surface area (Å²) < 4.78 is 0. The number of hydrogen-bond donors (Lipinski definition) is 13. The van der Waals surface area contributed by atoms with Crippen LogP contribution in [0.25, 0.3) is 0 Å². The Bertz CT molecular complexity index is 2000. The van der Waals surface area contributed by atoms with E-state index in [0.29, 0.717) is 12.0 Å². The number of benzene rings is 1. The number of nitrogens with one attached hydrogen (secondary N) is 9. The van der Waals surface area contributed by atoms with Gasteiger partial charge in [0.15, 0.2) is 0 Å². The number of aromatic hydroxyl groups is 1. The Morgan fingerprint density at radius 2 is 1.33 bits per heavy atom. The number of carbonyl (C=O) groups excluding carboxylic acids is 12. The van der Waals surface area contributed by atoms with Crippen molar-refractivity contribution in [2.45, 2.75) is 128 Å². The van der Waals surface area contributed by atoms with E-state index in [1.807, 2.05) is 0 Å². The van der Waals surface area contributed by atoms with Crippen molar-refractivity contribution < 1.29 is 62.6 Å². The molecule has 25 heteroatoms. The quantitative estimate of drug-likeness (QED) is 0.0657. The number of nitrogens with two attached hydrogens (primary N) is 3. The minimum absolute atomic E-state index is 0.0734. The molecule has 12 amide bonds. The number of hydrogen-bond acceptors (Lipinski definition) is 13. The lowest BCUT2D eigenvalue weighted by atomic mass is 9.96. The largest absolute Gasteiger partial charge is 0.508 e. The summed E-state index contributed by atoms with van der Waals surface area (Å²) in [6, 6.07) is -4.73. The Balaban J connectivity index is 2.58. The molecule has 1 aromatic rings. The summed E-state index contributed by atoms with van der Waals surface area (Å²) in [5, 5.41) is 31.6. The van der Waals surface area contributed by atoms with Gasteiger partial charge in [-0.1, -0.05) is 46.2 Å². The zero-order chi connectivity index (χ0) is 50.5. The molecule has 0 bridgehead atoms. The van der Waals surface area contributed by atoms with E-state index in [4.69, 9.17) is 17.2 Å². The Hall–Kier alpha value is -7.34. The normalized spacial score (nSPS) is 21.6. The molecule has 1 aliphatic heterocycles. The van der Waals surface area contributed by atoms with Gasteiger partial charge in [-0.25, -0.2) is 0 Å². The van der Waals surface area contributed by atoms with Gasteiger partial charge in [-0.3, -0.25) is 57.5 Å². The van der Waals surface area contributed by atoms with Crippen molar-refractivity contribution in [3.63, 3.8) is 0 Å². The molecule has 25 nitrogen and oxygen atoms in total. The van der Waals surface area contributed by atoms with E-state index in [1.165, 1.54) is 31.2 Å². The second kappa shape index (κ2) is 27.2. The van der Waals surface area contributed by atoms with Crippen LogP contribution < -0.4 is 65.1 Å². The summed E-state index contributed by atoms with van der Waals surface area (Å²) in [6.07, 6.45) is -2.54. The van der Waals surface area contributed by atoms with Crippen molar-refractivity contribution in [3.05, 3.63) is 29.8 Å². The van der Waals surface area contributed by atoms with Gasteiger partial charge in [0.1, 0.15) is 48.0 Å². The van der Waals surface area contributed by atoms with E-state index in [1.54, 1.807) is 27.7 Å². The minimum Gasteiger partial charge on any atom is -0.508 e. The van der Waals surface area contributed by atoms with Crippen LogP contribution in [0.15, 0.2) is 24.3 Å². The maximum absolute atomic E-state index is 14.0. The smallest absolute Gasteiger partial charge is 0.243 e. The Morgan fingerprint density at radius 3 is 1.91 bits per heavy atom. The minimum atomic E-state index is -1.83. The van der Waals surface area contributed by atoms with Gasteiger partial charge in [0.25, 0.3) is 0 Å². The van der Waals surface area contributed by atoms with Crippen LogP contribution in [0, 0.1) is 11.8 Å². The fraction of sp³-hybridized carbons (Fsp3) is 0.571. The molecule has 370 valence electrons. The molecule has 0 aliphatic carbocycles. The first kappa shape index (κ1) is 55.8. The van der Waals surface area contributed by atoms with Crippen LogP contribution in [-0.4, -0.2) is 131 Å². The van der Waals surface area contributed by atoms with Crippen LogP contribution in [0.3, 0.4) is 0 Å². The molecule has 1 fully saturated rings. The lowest BCUT2D eigenvalue weighted by Gasteiger charge is -2.29. The van der Waals surface area contributed by atoms with Crippen molar-refractivity contribution in [2.24, 2.45) is 29.0 Å². The molecule has 0 aromatic heterocycles. The zero-order valence-corrected chi connectivity index (χ0v) is 38.2. The van der Waals surface area contributed by atoms with E-state index in [0.717, 1.165) is 0 Å². The first-order chi connectivity index (χ1) is 31.4. The molecular weight excluding hydrogens is 881 g/mol. The molecule has 0 unspecified atom stereocenters. The predicted octanol–water partition coefficient (Wildman–Crippen LogP) is -4.91. The maximum Gasteiger partial charge on any atom is 0.243 e. The molecule has 1 saturated heterocycles. The first-order valence-electron chi connectivity index (χ1n) is 21.7. The van der Waals surface area contributed by atoms with Crippen LogP contribution >= 0.6 is 0 Å². The third-order valence-electron chi connectivity index (χ3n) is 10.4. The van der Waals surface area contributed by atoms with Gasteiger partial charge in [-0.05, 0) is 55.7 Å². The first-order valence-corrected chi connectivity index (χ1v) is 21.7. The number of primary amides is 3. The standard InChI is InChI=1S/C42H64N12O13/c1-6-21(4)35-42(67)51-25(11-13-30(43)56)39(64)53-29(17-31(44)57)40(65)50-26(38(63)48-22(5)36(61)52-27(15-20(2)3)37(62)47-18-32(45)58)12-14-33(59)46-19-34(60)49-28(41(66)54-35)16-23-7-9-24(55)10-8-23/h7-10,20-22,25-29,35,55H,6,11-19H2,1-5H3,(H2,43,56)(H2,44,57)(H2,45,58)(H,46,59)(H,47,62)(H,48,63)(H,49,60)(H,50,65)(H,51,67)(H,52,61)(H,53,64)(H,54,66)/t21-,22-,25-,26-,27-,28-,29-,35-/m0/s1. The van der Waals surface area contributed by atoms with Gasteiger partial charge in [0.2, 0.25) is 70.9 Å². The molecule has 1 aromatic carbocycles. The summed E-state index contributed by atoms with van der Waals surface area (Å²) in [7, 11) is 0. The molecule has 1 heterocycles. The van der Waals surface area contributed by atoms with Crippen molar-refractivity contribution in [2.75, 3.05) is 13.1 Å². The molecule has 8 atom stereocenters. The highest BCUT2D eigenvalue weighted by Gasteiger charge is 2.36. The average Bonchev–Trinajstić information content (AvgIpc) is 3.25. The maximum atomic E-state index is 14.0. The Labute approximate surface area is 386 Å². The van der Waals surface area contributed by atoms with Crippen LogP contribution in [0.1, 0.15) is 85.1 Å². The fourth-order valence-corrected chi connectivity index (χ4v) is 6.54. The van der Waals surface area contributed by atoms with Crippen LogP contribution in [0.2, 0.25) is 0 Å². The second-order valence-corrected chi connectivity index (χ2v) is 16.6. The van der Waals surface area contributed by atoms with E-state index < -0.39 is 164 Å². The van der Waals surface area contributed by atoms with Gasteiger partial charge in [-0.2, -0.15) is 0 Å². The molecule has 16 N–H and O–H groups in total. The second-order valence-electron chi connectivity index (χ2n) is 16.6. The Morgan fingerprint density at radius 1 is 0.716 bits per heavy atom. The van der Waals surface area contributed by atoms with Gasteiger partial charge in [0.05, 0.1) is 19.5 Å². The molecular formula is C42H64N12O13. The number of carbonyl (C=O) groups is 12. The van der Waals surface area contributed by atoms with Gasteiger partial charge < -0.3 is 70.2 Å².